The number of hydrogen-bond donors (Lipinski definition) is 0. The largest absolute Gasteiger partial charge is 0.497 e. The van der Waals surface area contributed by atoms with Crippen molar-refractivity contribution < 1.29 is 13.9 Å². The highest BCUT2D eigenvalue weighted by molar-refractivity contribution is 5.70. The van der Waals surface area contributed by atoms with E-state index in [0.717, 1.165) is 40.6 Å². The molecule has 0 saturated heterocycles. The summed E-state index contributed by atoms with van der Waals surface area (Å²) in [4.78, 5) is 0. The molecule has 0 aliphatic heterocycles. The van der Waals surface area contributed by atoms with E-state index in [1.54, 1.807) is 25.0 Å². The maximum Gasteiger partial charge on any atom is 0.222 e. The average Bonchev–Trinajstić information content (AvgIpc) is 3.06. The smallest absolute Gasteiger partial charge is 0.222 e. The van der Waals surface area contributed by atoms with Crippen molar-refractivity contribution in [1.29, 1.82) is 0 Å². The van der Waals surface area contributed by atoms with Crippen LogP contribution in [0.5, 0.6) is 11.5 Å². The van der Waals surface area contributed by atoms with Crippen LogP contribution in [0, 0.1) is 0 Å². The number of oxazole rings is 1. The monoisotopic (exact) mass is 272 g/mol. The Hall–Kier alpha value is -2.43. The summed E-state index contributed by atoms with van der Waals surface area (Å²) in [5, 5.41) is 4.52. The van der Waals surface area contributed by atoms with Crippen molar-refractivity contribution >= 4 is 5.71 Å². The highest BCUT2D eigenvalue weighted by Crippen LogP contribution is 2.34. The summed E-state index contributed by atoms with van der Waals surface area (Å²) in [5.74, 6) is 1.47. The molecule has 0 unspecified atom stereocenters. The van der Waals surface area contributed by atoms with Gasteiger partial charge in [0.1, 0.15) is 23.5 Å². The van der Waals surface area contributed by atoms with Crippen molar-refractivity contribution in [2.45, 2.75) is 13.3 Å². The van der Waals surface area contributed by atoms with Gasteiger partial charge in [0.15, 0.2) is 0 Å². The second-order valence-corrected chi connectivity index (χ2v) is 4.43. The summed E-state index contributed by atoms with van der Waals surface area (Å²) in [5.41, 5.74) is 3.50. The molecule has 3 aromatic rings. The lowest BCUT2D eigenvalue weighted by Crippen LogP contribution is -1.94. The summed E-state index contributed by atoms with van der Waals surface area (Å²) in [6.07, 6.45) is 2.56. The third-order valence-corrected chi connectivity index (χ3v) is 3.29. The van der Waals surface area contributed by atoms with E-state index in [1.807, 2.05) is 24.3 Å². The summed E-state index contributed by atoms with van der Waals surface area (Å²) in [6.45, 7) is 2.06. The van der Waals surface area contributed by atoms with Gasteiger partial charge in [-0.05, 0) is 18.6 Å². The SMILES string of the molecule is CCc1cc2occ(-c3ccc(OC)cc3OC)n2n1. The zero-order valence-electron chi connectivity index (χ0n) is 11.7. The molecule has 0 bridgehead atoms. The minimum atomic E-state index is 0.723. The van der Waals surface area contributed by atoms with Crippen molar-refractivity contribution in [2.24, 2.45) is 0 Å². The van der Waals surface area contributed by atoms with Gasteiger partial charge in [-0.25, -0.2) is 0 Å². The molecule has 0 fully saturated rings. The molecule has 5 heteroatoms. The normalized spacial score (nSPS) is 10.9. The van der Waals surface area contributed by atoms with Gasteiger partial charge in [-0.3, -0.25) is 0 Å². The van der Waals surface area contributed by atoms with Gasteiger partial charge in [-0.15, -0.1) is 0 Å². The third kappa shape index (κ3) is 1.91. The fourth-order valence-corrected chi connectivity index (χ4v) is 2.19. The van der Waals surface area contributed by atoms with Crippen LogP contribution in [0.2, 0.25) is 0 Å². The molecule has 104 valence electrons. The number of fused-ring (bicyclic) bond motifs is 1. The van der Waals surface area contributed by atoms with E-state index < -0.39 is 0 Å². The first-order chi connectivity index (χ1) is 9.76. The molecule has 0 amide bonds. The number of benzene rings is 1. The van der Waals surface area contributed by atoms with Crippen LogP contribution in [0.15, 0.2) is 34.9 Å². The molecule has 20 heavy (non-hydrogen) atoms. The van der Waals surface area contributed by atoms with Gasteiger partial charge in [0.2, 0.25) is 5.71 Å². The summed E-state index contributed by atoms with van der Waals surface area (Å²) < 4.78 is 18.0. The number of aromatic nitrogens is 2. The van der Waals surface area contributed by atoms with Gasteiger partial charge in [0.05, 0.1) is 19.9 Å². The van der Waals surface area contributed by atoms with E-state index in [2.05, 4.69) is 12.0 Å². The first-order valence-electron chi connectivity index (χ1n) is 6.45. The second-order valence-electron chi connectivity index (χ2n) is 4.43. The average molecular weight is 272 g/mol. The van der Waals surface area contributed by atoms with Crippen LogP contribution in [0.3, 0.4) is 0 Å². The molecule has 0 radical (unpaired) electrons. The molecule has 2 heterocycles. The molecule has 0 aliphatic rings. The fourth-order valence-electron chi connectivity index (χ4n) is 2.19. The van der Waals surface area contributed by atoms with Crippen LogP contribution in [0.4, 0.5) is 0 Å². The lowest BCUT2D eigenvalue weighted by Gasteiger charge is -2.08. The predicted molar refractivity (Wildman–Crippen MR) is 75.4 cm³/mol. The molecule has 0 spiro atoms. The second kappa shape index (κ2) is 4.92. The molecule has 0 aliphatic carbocycles. The van der Waals surface area contributed by atoms with Crippen molar-refractivity contribution in [3.05, 3.63) is 36.2 Å². The third-order valence-electron chi connectivity index (χ3n) is 3.29. The summed E-state index contributed by atoms with van der Waals surface area (Å²) in [7, 11) is 3.27. The number of ether oxygens (including phenoxy) is 2. The Bertz CT molecular complexity index is 743. The molecule has 0 saturated carbocycles. The number of nitrogens with zero attached hydrogens (tertiary/aromatic N) is 2. The minimum absolute atomic E-state index is 0.723. The van der Waals surface area contributed by atoms with Crippen LogP contribution < -0.4 is 9.47 Å². The maximum atomic E-state index is 5.56. The quantitative estimate of drug-likeness (QED) is 0.732. The summed E-state index contributed by atoms with van der Waals surface area (Å²) >= 11 is 0. The van der Waals surface area contributed by atoms with Gasteiger partial charge >= 0.3 is 0 Å². The standard InChI is InChI=1S/C15H16N2O3/c1-4-10-7-15-17(16-10)13(9-20-15)12-6-5-11(18-2)8-14(12)19-3/h5-9H,4H2,1-3H3. The van der Waals surface area contributed by atoms with E-state index in [-0.39, 0.29) is 0 Å². The van der Waals surface area contributed by atoms with Crippen molar-refractivity contribution in [3.8, 4) is 22.8 Å². The Morgan fingerprint density at radius 3 is 2.75 bits per heavy atom. The lowest BCUT2D eigenvalue weighted by atomic mass is 10.1. The Kier molecular flexibility index (Phi) is 3.10. The Labute approximate surface area is 116 Å². The molecule has 1 aromatic carbocycles. The topological polar surface area (TPSA) is 48.9 Å². The highest BCUT2D eigenvalue weighted by atomic mass is 16.5. The van der Waals surface area contributed by atoms with E-state index in [0.29, 0.717) is 0 Å². The molecular formula is C15H16N2O3. The molecule has 0 N–H and O–H groups in total. The van der Waals surface area contributed by atoms with Crippen molar-refractivity contribution in [3.63, 3.8) is 0 Å². The van der Waals surface area contributed by atoms with Crippen LogP contribution in [-0.2, 0) is 6.42 Å². The summed E-state index contributed by atoms with van der Waals surface area (Å²) in [6, 6.07) is 7.62. The number of aryl methyl sites for hydroxylation is 1. The van der Waals surface area contributed by atoms with Gasteiger partial charge in [-0.1, -0.05) is 6.92 Å². The number of rotatable bonds is 4. The zero-order valence-corrected chi connectivity index (χ0v) is 11.7. The van der Waals surface area contributed by atoms with Crippen LogP contribution in [0.25, 0.3) is 17.0 Å². The Morgan fingerprint density at radius 1 is 1.20 bits per heavy atom. The molecule has 3 rings (SSSR count). The molecule has 5 nitrogen and oxygen atoms in total. The van der Waals surface area contributed by atoms with Crippen LogP contribution in [-0.4, -0.2) is 23.8 Å². The van der Waals surface area contributed by atoms with Gasteiger partial charge in [0, 0.05) is 17.7 Å². The van der Waals surface area contributed by atoms with Crippen LogP contribution in [0.1, 0.15) is 12.6 Å². The minimum Gasteiger partial charge on any atom is -0.497 e. The van der Waals surface area contributed by atoms with Gasteiger partial charge in [-0.2, -0.15) is 9.61 Å². The number of methoxy groups -OCH3 is 2. The first-order valence-corrected chi connectivity index (χ1v) is 6.45. The van der Waals surface area contributed by atoms with E-state index in [1.165, 1.54) is 0 Å². The maximum absolute atomic E-state index is 5.56. The van der Waals surface area contributed by atoms with E-state index >= 15 is 0 Å². The first kappa shape index (κ1) is 12.6. The molecular weight excluding hydrogens is 256 g/mol. The van der Waals surface area contributed by atoms with Crippen LogP contribution >= 0.6 is 0 Å². The van der Waals surface area contributed by atoms with Crippen molar-refractivity contribution in [1.82, 2.24) is 9.61 Å². The zero-order chi connectivity index (χ0) is 14.1. The van der Waals surface area contributed by atoms with Gasteiger partial charge in [0.25, 0.3) is 0 Å². The predicted octanol–water partition coefficient (Wildman–Crippen LogP) is 3.17. The van der Waals surface area contributed by atoms with Crippen molar-refractivity contribution in [2.75, 3.05) is 14.2 Å². The Morgan fingerprint density at radius 2 is 2.05 bits per heavy atom. The molecule has 0 atom stereocenters. The highest BCUT2D eigenvalue weighted by Gasteiger charge is 2.15. The van der Waals surface area contributed by atoms with E-state index in [4.69, 9.17) is 13.9 Å². The molecule has 2 aromatic heterocycles. The fraction of sp³-hybridized carbons (Fsp3) is 0.267. The number of hydrogen-bond acceptors (Lipinski definition) is 4. The lowest BCUT2D eigenvalue weighted by molar-refractivity contribution is 0.395. The Balaban J connectivity index is 2.16. The van der Waals surface area contributed by atoms with E-state index in [9.17, 15) is 0 Å². The van der Waals surface area contributed by atoms with Gasteiger partial charge < -0.3 is 13.9 Å².